The maximum atomic E-state index is 13.3. The zero-order valence-corrected chi connectivity index (χ0v) is 18.3. The maximum absolute atomic E-state index is 13.3. The van der Waals surface area contributed by atoms with Gasteiger partial charge in [-0.1, -0.05) is 66.7 Å². The molecule has 3 aromatic rings. The topological polar surface area (TPSA) is 64.8 Å². The van der Waals surface area contributed by atoms with Crippen molar-refractivity contribution in [3.8, 4) is 11.1 Å². The first-order valence-corrected chi connectivity index (χ1v) is 11.5. The number of hydrogen-bond acceptors (Lipinski definition) is 4. The highest BCUT2D eigenvalue weighted by Crippen LogP contribution is 2.44. The largest absolute Gasteiger partial charge is 0.448 e. The van der Waals surface area contributed by atoms with E-state index >= 15 is 0 Å². The SMILES string of the molecule is Nc1ccc(C2=CC3COCC(C2)N3C(=O)OCC2c3ccccc3-c3ccccc32)cc1. The molecular weight excluding hydrogens is 412 g/mol. The standard InChI is InChI=1S/C28H26N2O3/c29-20-11-9-18(10-12-20)19-13-21-15-32-16-22(14-19)30(21)28(31)33-17-27-25-7-3-1-5-23(25)24-6-2-4-8-26(24)27/h1-13,21-22,27H,14-17,29H2. The number of nitrogens with two attached hydrogens (primary N) is 1. The number of rotatable bonds is 3. The Morgan fingerprint density at radius 1 is 0.939 bits per heavy atom. The summed E-state index contributed by atoms with van der Waals surface area (Å²) >= 11 is 0. The third-order valence-electron chi connectivity index (χ3n) is 7.03. The summed E-state index contributed by atoms with van der Waals surface area (Å²) in [4.78, 5) is 15.2. The van der Waals surface area contributed by atoms with Crippen molar-refractivity contribution in [2.75, 3.05) is 25.6 Å². The van der Waals surface area contributed by atoms with Gasteiger partial charge in [-0.3, -0.25) is 4.90 Å². The maximum Gasteiger partial charge on any atom is 0.410 e. The fourth-order valence-electron chi connectivity index (χ4n) is 5.46. The summed E-state index contributed by atoms with van der Waals surface area (Å²) in [6.07, 6.45) is 2.62. The number of benzene rings is 3. The first-order chi connectivity index (χ1) is 16.2. The van der Waals surface area contributed by atoms with Crippen LogP contribution in [-0.2, 0) is 9.47 Å². The molecule has 2 heterocycles. The first kappa shape index (κ1) is 20.1. The summed E-state index contributed by atoms with van der Waals surface area (Å²) in [5.74, 6) is 0.0584. The van der Waals surface area contributed by atoms with Gasteiger partial charge in [-0.15, -0.1) is 0 Å². The molecule has 5 heteroatoms. The Morgan fingerprint density at radius 3 is 2.27 bits per heavy atom. The zero-order valence-electron chi connectivity index (χ0n) is 18.3. The molecule has 1 fully saturated rings. The van der Waals surface area contributed by atoms with Gasteiger partial charge in [0.15, 0.2) is 0 Å². The number of amides is 1. The highest BCUT2D eigenvalue weighted by Gasteiger charge is 2.39. The Balaban J connectivity index is 1.22. The van der Waals surface area contributed by atoms with E-state index in [0.29, 0.717) is 19.8 Å². The van der Waals surface area contributed by atoms with E-state index in [1.807, 2.05) is 29.2 Å². The lowest BCUT2D eigenvalue weighted by molar-refractivity contribution is -0.0331. The Hall–Kier alpha value is -3.57. The van der Waals surface area contributed by atoms with Crippen molar-refractivity contribution in [3.05, 3.63) is 95.6 Å². The number of carbonyl (C=O) groups excluding carboxylic acids is 1. The van der Waals surface area contributed by atoms with Crippen molar-refractivity contribution >= 4 is 17.4 Å². The summed E-state index contributed by atoms with van der Waals surface area (Å²) in [6.45, 7) is 1.34. The number of nitrogens with zero attached hydrogens (tertiary/aromatic N) is 1. The van der Waals surface area contributed by atoms with Gasteiger partial charge in [-0.2, -0.15) is 0 Å². The third-order valence-corrected chi connectivity index (χ3v) is 7.03. The van der Waals surface area contributed by atoms with E-state index in [4.69, 9.17) is 15.2 Å². The number of carbonyl (C=O) groups is 1. The molecule has 0 saturated carbocycles. The molecule has 2 N–H and O–H groups in total. The van der Waals surface area contributed by atoms with E-state index < -0.39 is 0 Å². The molecule has 1 aliphatic carbocycles. The summed E-state index contributed by atoms with van der Waals surface area (Å²) < 4.78 is 11.7. The van der Waals surface area contributed by atoms with E-state index in [9.17, 15) is 4.79 Å². The number of morpholine rings is 1. The molecule has 2 unspecified atom stereocenters. The molecule has 0 spiro atoms. The molecule has 2 atom stereocenters. The smallest absolute Gasteiger partial charge is 0.410 e. The molecule has 5 nitrogen and oxygen atoms in total. The predicted molar refractivity (Wildman–Crippen MR) is 129 cm³/mol. The van der Waals surface area contributed by atoms with Crippen molar-refractivity contribution in [2.45, 2.75) is 24.4 Å². The predicted octanol–water partition coefficient (Wildman–Crippen LogP) is 5.07. The van der Waals surface area contributed by atoms with E-state index in [-0.39, 0.29) is 24.1 Å². The molecule has 6 rings (SSSR count). The van der Waals surface area contributed by atoms with Crippen LogP contribution in [0.5, 0.6) is 0 Å². The van der Waals surface area contributed by atoms with Gasteiger partial charge in [0.25, 0.3) is 0 Å². The zero-order chi connectivity index (χ0) is 22.4. The van der Waals surface area contributed by atoms with E-state index in [1.165, 1.54) is 27.8 Å². The average molecular weight is 439 g/mol. The van der Waals surface area contributed by atoms with Crippen LogP contribution in [0.15, 0.2) is 78.9 Å². The lowest BCUT2D eigenvalue weighted by Gasteiger charge is -2.44. The Kier molecular flexibility index (Phi) is 4.92. The summed E-state index contributed by atoms with van der Waals surface area (Å²) in [5, 5.41) is 0. The normalized spacial score (nSPS) is 21.2. The van der Waals surface area contributed by atoms with Crippen molar-refractivity contribution in [1.82, 2.24) is 4.90 Å². The summed E-state index contributed by atoms with van der Waals surface area (Å²) in [7, 11) is 0. The minimum atomic E-state index is -0.261. The van der Waals surface area contributed by atoms with Gasteiger partial charge in [0.1, 0.15) is 6.61 Å². The molecular formula is C28H26N2O3. The van der Waals surface area contributed by atoms with Crippen LogP contribution in [0, 0.1) is 0 Å². The summed E-state index contributed by atoms with van der Waals surface area (Å²) in [5.41, 5.74) is 13.9. The molecule has 33 heavy (non-hydrogen) atoms. The van der Waals surface area contributed by atoms with Gasteiger partial charge in [-0.05, 0) is 51.9 Å². The van der Waals surface area contributed by atoms with Crippen LogP contribution >= 0.6 is 0 Å². The Labute approximate surface area is 193 Å². The van der Waals surface area contributed by atoms with Gasteiger partial charge < -0.3 is 15.2 Å². The second-order valence-electron chi connectivity index (χ2n) is 8.99. The molecule has 1 saturated heterocycles. The highest BCUT2D eigenvalue weighted by atomic mass is 16.6. The van der Waals surface area contributed by atoms with E-state index in [1.54, 1.807) is 0 Å². The van der Waals surface area contributed by atoms with Crippen LogP contribution in [0.3, 0.4) is 0 Å². The van der Waals surface area contributed by atoms with Gasteiger partial charge in [-0.25, -0.2) is 4.79 Å². The number of anilines is 1. The third kappa shape index (κ3) is 3.49. The second kappa shape index (κ2) is 8.09. The van der Waals surface area contributed by atoms with Gasteiger partial charge in [0.05, 0.1) is 25.3 Å². The fourth-order valence-corrected chi connectivity index (χ4v) is 5.46. The second-order valence-corrected chi connectivity index (χ2v) is 8.99. The molecule has 0 radical (unpaired) electrons. The van der Waals surface area contributed by atoms with Crippen LogP contribution in [0.25, 0.3) is 16.7 Å². The number of hydrogen-bond donors (Lipinski definition) is 1. The van der Waals surface area contributed by atoms with Crippen molar-refractivity contribution in [1.29, 1.82) is 0 Å². The van der Waals surface area contributed by atoms with Crippen molar-refractivity contribution < 1.29 is 14.3 Å². The minimum absolute atomic E-state index is 0.0306. The van der Waals surface area contributed by atoms with Crippen LogP contribution in [0.4, 0.5) is 10.5 Å². The average Bonchev–Trinajstić information content (AvgIpc) is 3.16. The fraction of sp³-hybridized carbons (Fsp3) is 0.250. The lowest BCUT2D eigenvalue weighted by Crippen LogP contribution is -2.56. The molecule has 3 aliphatic rings. The van der Waals surface area contributed by atoms with Gasteiger partial charge in [0.2, 0.25) is 0 Å². The van der Waals surface area contributed by atoms with Crippen molar-refractivity contribution in [2.24, 2.45) is 0 Å². The van der Waals surface area contributed by atoms with Crippen LogP contribution in [0.2, 0.25) is 0 Å². The van der Waals surface area contributed by atoms with Crippen LogP contribution < -0.4 is 5.73 Å². The minimum Gasteiger partial charge on any atom is -0.448 e. The van der Waals surface area contributed by atoms with Crippen LogP contribution in [-0.4, -0.2) is 42.9 Å². The number of ether oxygens (including phenoxy) is 2. The van der Waals surface area contributed by atoms with Crippen molar-refractivity contribution in [3.63, 3.8) is 0 Å². The number of fused-ring (bicyclic) bond motifs is 5. The van der Waals surface area contributed by atoms with Gasteiger partial charge >= 0.3 is 6.09 Å². The van der Waals surface area contributed by atoms with E-state index in [2.05, 4.69) is 54.6 Å². The Morgan fingerprint density at radius 2 is 1.61 bits per heavy atom. The molecule has 166 valence electrons. The molecule has 0 aromatic heterocycles. The lowest BCUT2D eigenvalue weighted by atomic mass is 9.90. The van der Waals surface area contributed by atoms with Gasteiger partial charge in [0, 0.05) is 11.6 Å². The molecule has 2 aliphatic heterocycles. The monoisotopic (exact) mass is 438 g/mol. The Bertz CT molecular complexity index is 1190. The molecule has 3 aromatic carbocycles. The summed E-state index contributed by atoms with van der Waals surface area (Å²) in [6, 6.07) is 24.5. The highest BCUT2D eigenvalue weighted by molar-refractivity contribution is 5.79. The number of nitrogen functional groups attached to an aromatic ring is 1. The first-order valence-electron chi connectivity index (χ1n) is 11.5. The molecule has 2 bridgehead atoms. The molecule has 1 amide bonds. The quantitative estimate of drug-likeness (QED) is 0.580. The van der Waals surface area contributed by atoms with Crippen LogP contribution in [0.1, 0.15) is 29.0 Å². The van der Waals surface area contributed by atoms with E-state index in [0.717, 1.165) is 17.7 Å².